The van der Waals surface area contributed by atoms with Crippen LogP contribution in [-0.2, 0) is 7.05 Å². The van der Waals surface area contributed by atoms with Crippen LogP contribution in [0.1, 0.15) is 5.56 Å². The minimum absolute atomic E-state index is 0.975. The highest BCUT2D eigenvalue weighted by atomic mass is 15.1. The van der Waals surface area contributed by atoms with Crippen LogP contribution in [0.15, 0.2) is 66.9 Å². The maximum atomic E-state index is 4.88. The van der Waals surface area contributed by atoms with Gasteiger partial charge in [0.15, 0.2) is 5.82 Å². The molecule has 0 bridgehead atoms. The van der Waals surface area contributed by atoms with Crippen LogP contribution in [0.3, 0.4) is 0 Å². The molecule has 0 radical (unpaired) electrons. The highest BCUT2D eigenvalue weighted by Gasteiger charge is 2.16. The Morgan fingerprint density at radius 2 is 1.64 bits per heavy atom. The molecule has 0 spiro atoms. The second-order valence-electron chi connectivity index (χ2n) is 5.55. The molecule has 0 aliphatic heterocycles. The molecule has 3 nitrogen and oxygen atoms in total. The third kappa shape index (κ3) is 1.86. The zero-order valence-corrected chi connectivity index (χ0v) is 12.7. The van der Waals surface area contributed by atoms with E-state index >= 15 is 0 Å². The van der Waals surface area contributed by atoms with Crippen molar-refractivity contribution in [2.45, 2.75) is 6.92 Å². The Kier molecular flexibility index (Phi) is 2.86. The SMILES string of the molecule is Cc1ccccc1-n1c(-c2cccn2C)nc2ccccc21. The predicted molar refractivity (Wildman–Crippen MR) is 90.2 cm³/mol. The summed E-state index contributed by atoms with van der Waals surface area (Å²) in [5.74, 6) is 0.975. The van der Waals surface area contributed by atoms with E-state index in [-0.39, 0.29) is 0 Å². The van der Waals surface area contributed by atoms with Crippen molar-refractivity contribution < 1.29 is 0 Å². The normalized spacial score (nSPS) is 11.2. The van der Waals surface area contributed by atoms with Gasteiger partial charge in [0.25, 0.3) is 0 Å². The number of fused-ring (bicyclic) bond motifs is 1. The topological polar surface area (TPSA) is 22.8 Å². The zero-order valence-electron chi connectivity index (χ0n) is 12.7. The van der Waals surface area contributed by atoms with Gasteiger partial charge in [-0.15, -0.1) is 0 Å². The first kappa shape index (κ1) is 12.9. The molecule has 22 heavy (non-hydrogen) atoms. The van der Waals surface area contributed by atoms with Crippen LogP contribution in [-0.4, -0.2) is 14.1 Å². The van der Waals surface area contributed by atoms with E-state index in [1.54, 1.807) is 0 Å². The molecule has 4 aromatic rings. The summed E-state index contributed by atoms with van der Waals surface area (Å²) < 4.78 is 4.36. The van der Waals surface area contributed by atoms with Crippen molar-refractivity contribution in [2.75, 3.05) is 0 Å². The molecule has 2 heterocycles. The van der Waals surface area contributed by atoms with Crippen molar-refractivity contribution in [1.29, 1.82) is 0 Å². The van der Waals surface area contributed by atoms with Crippen molar-refractivity contribution in [3.8, 4) is 17.2 Å². The number of para-hydroxylation sites is 3. The lowest BCUT2D eigenvalue weighted by Crippen LogP contribution is -2.02. The number of benzene rings is 2. The first-order valence-corrected chi connectivity index (χ1v) is 7.41. The number of aromatic nitrogens is 3. The zero-order chi connectivity index (χ0) is 15.1. The Morgan fingerprint density at radius 1 is 0.864 bits per heavy atom. The van der Waals surface area contributed by atoms with Crippen molar-refractivity contribution in [1.82, 2.24) is 14.1 Å². The molecule has 2 aromatic heterocycles. The Hall–Kier alpha value is -2.81. The summed E-state index contributed by atoms with van der Waals surface area (Å²) in [7, 11) is 2.05. The summed E-state index contributed by atoms with van der Waals surface area (Å²) in [6.07, 6.45) is 2.05. The average molecular weight is 287 g/mol. The van der Waals surface area contributed by atoms with E-state index in [0.717, 1.165) is 22.6 Å². The Morgan fingerprint density at radius 3 is 2.41 bits per heavy atom. The van der Waals surface area contributed by atoms with Gasteiger partial charge in [0, 0.05) is 13.2 Å². The van der Waals surface area contributed by atoms with Crippen molar-refractivity contribution in [3.05, 3.63) is 72.4 Å². The Labute approximate surface area is 129 Å². The van der Waals surface area contributed by atoms with E-state index in [1.165, 1.54) is 11.3 Å². The Bertz CT molecular complexity index is 960. The van der Waals surface area contributed by atoms with Crippen LogP contribution >= 0.6 is 0 Å². The van der Waals surface area contributed by atoms with Gasteiger partial charge >= 0.3 is 0 Å². The summed E-state index contributed by atoms with van der Waals surface area (Å²) in [5, 5.41) is 0. The Balaban J connectivity index is 2.12. The molecule has 108 valence electrons. The molecule has 0 aliphatic rings. The van der Waals surface area contributed by atoms with Crippen LogP contribution in [0.4, 0.5) is 0 Å². The van der Waals surface area contributed by atoms with Crippen molar-refractivity contribution in [3.63, 3.8) is 0 Å². The number of imidazole rings is 1. The molecule has 0 saturated heterocycles. The molecular formula is C19H17N3. The lowest BCUT2D eigenvalue weighted by molar-refractivity contribution is 0.914. The molecule has 2 aromatic carbocycles. The highest BCUT2D eigenvalue weighted by Crippen LogP contribution is 2.29. The van der Waals surface area contributed by atoms with Crippen LogP contribution in [0.25, 0.3) is 28.2 Å². The largest absolute Gasteiger partial charge is 0.348 e. The number of aryl methyl sites for hydroxylation is 2. The van der Waals surface area contributed by atoms with Crippen molar-refractivity contribution in [2.24, 2.45) is 7.05 Å². The maximum absolute atomic E-state index is 4.88. The summed E-state index contributed by atoms with van der Waals surface area (Å²) in [5.41, 5.74) is 5.67. The van der Waals surface area contributed by atoms with E-state index in [1.807, 2.05) is 6.07 Å². The van der Waals surface area contributed by atoms with Crippen LogP contribution in [0.5, 0.6) is 0 Å². The van der Waals surface area contributed by atoms with Gasteiger partial charge in [-0.25, -0.2) is 4.98 Å². The van der Waals surface area contributed by atoms with Gasteiger partial charge in [-0.1, -0.05) is 30.3 Å². The number of rotatable bonds is 2. The monoisotopic (exact) mass is 287 g/mol. The molecule has 4 rings (SSSR count). The van der Waals surface area contributed by atoms with Crippen molar-refractivity contribution >= 4 is 11.0 Å². The number of nitrogens with zero attached hydrogens (tertiary/aromatic N) is 3. The van der Waals surface area contributed by atoms with Gasteiger partial charge in [-0.2, -0.15) is 0 Å². The molecule has 3 heteroatoms. The summed E-state index contributed by atoms with van der Waals surface area (Å²) in [6, 6.07) is 20.9. The molecule has 0 saturated carbocycles. The number of hydrogen-bond acceptors (Lipinski definition) is 1. The van der Waals surface area contributed by atoms with Gasteiger partial charge in [0.05, 0.1) is 22.4 Å². The van der Waals surface area contributed by atoms with E-state index < -0.39 is 0 Å². The van der Waals surface area contributed by atoms with Gasteiger partial charge in [0.2, 0.25) is 0 Å². The highest BCUT2D eigenvalue weighted by molar-refractivity contribution is 5.83. The van der Waals surface area contributed by atoms with E-state index in [2.05, 4.69) is 83.9 Å². The summed E-state index contributed by atoms with van der Waals surface area (Å²) >= 11 is 0. The fourth-order valence-corrected chi connectivity index (χ4v) is 2.95. The van der Waals surface area contributed by atoms with E-state index in [0.29, 0.717) is 0 Å². The van der Waals surface area contributed by atoms with Gasteiger partial charge in [0.1, 0.15) is 0 Å². The van der Waals surface area contributed by atoms with Crippen LogP contribution < -0.4 is 0 Å². The van der Waals surface area contributed by atoms with Gasteiger partial charge in [-0.05, 0) is 42.8 Å². The van der Waals surface area contributed by atoms with E-state index in [4.69, 9.17) is 4.98 Å². The average Bonchev–Trinajstić information content (AvgIpc) is 3.11. The van der Waals surface area contributed by atoms with Crippen LogP contribution in [0, 0.1) is 6.92 Å². The van der Waals surface area contributed by atoms with E-state index in [9.17, 15) is 0 Å². The maximum Gasteiger partial charge on any atom is 0.162 e. The molecule has 0 atom stereocenters. The first-order chi connectivity index (χ1) is 10.8. The molecular weight excluding hydrogens is 270 g/mol. The quantitative estimate of drug-likeness (QED) is 0.538. The lowest BCUT2D eigenvalue weighted by atomic mass is 10.2. The third-order valence-corrected chi connectivity index (χ3v) is 4.09. The van der Waals surface area contributed by atoms with Gasteiger partial charge < -0.3 is 4.57 Å². The minimum atomic E-state index is 0.975. The predicted octanol–water partition coefficient (Wildman–Crippen LogP) is 4.34. The fraction of sp³-hybridized carbons (Fsp3) is 0.105. The molecule has 0 unspecified atom stereocenters. The molecule has 0 amide bonds. The molecule has 0 N–H and O–H groups in total. The standard InChI is InChI=1S/C19H17N3/c1-14-8-3-5-10-16(14)22-17-11-6-4-9-15(17)20-19(22)18-12-7-13-21(18)2/h3-13H,1-2H3. The molecule has 0 aliphatic carbocycles. The minimum Gasteiger partial charge on any atom is -0.348 e. The number of hydrogen-bond donors (Lipinski definition) is 0. The summed E-state index contributed by atoms with van der Waals surface area (Å²) in [4.78, 5) is 4.88. The molecule has 0 fully saturated rings. The first-order valence-electron chi connectivity index (χ1n) is 7.41. The summed E-state index contributed by atoms with van der Waals surface area (Å²) in [6.45, 7) is 2.14. The third-order valence-electron chi connectivity index (χ3n) is 4.09. The fourth-order valence-electron chi connectivity index (χ4n) is 2.95. The smallest absolute Gasteiger partial charge is 0.162 e. The van der Waals surface area contributed by atoms with Crippen LogP contribution in [0.2, 0.25) is 0 Å². The van der Waals surface area contributed by atoms with Gasteiger partial charge in [-0.3, -0.25) is 4.57 Å². The lowest BCUT2D eigenvalue weighted by Gasteiger charge is -2.12. The second kappa shape index (κ2) is 4.88. The second-order valence-corrected chi connectivity index (χ2v) is 5.55.